The monoisotopic (exact) mass is 244 g/mol. The predicted octanol–water partition coefficient (Wildman–Crippen LogP) is 4.41. The van der Waals surface area contributed by atoms with E-state index in [2.05, 4.69) is 18.2 Å². The Morgan fingerprint density at radius 2 is 1.50 bits per heavy atom. The summed E-state index contributed by atoms with van der Waals surface area (Å²) < 4.78 is 11.6. The van der Waals surface area contributed by atoms with Crippen molar-refractivity contribution in [3.63, 3.8) is 0 Å². The van der Waals surface area contributed by atoms with Gasteiger partial charge in [0.1, 0.15) is 11.5 Å². The van der Waals surface area contributed by atoms with Crippen LogP contribution in [0.25, 0.3) is 10.8 Å². The van der Waals surface area contributed by atoms with Gasteiger partial charge in [-0.15, -0.1) is 0 Å². The fourth-order valence-electron chi connectivity index (χ4n) is 1.94. The number of benzene rings is 2. The Balaban J connectivity index is 2.49. The lowest BCUT2D eigenvalue weighted by Crippen LogP contribution is -2.08. The molecule has 96 valence electrons. The average molecular weight is 244 g/mol. The largest absolute Gasteiger partial charge is 0.491 e. The molecule has 0 unspecified atom stereocenters. The first-order chi connectivity index (χ1) is 8.56. The van der Waals surface area contributed by atoms with E-state index < -0.39 is 0 Å². The highest BCUT2D eigenvalue weighted by atomic mass is 16.5. The zero-order valence-electron chi connectivity index (χ0n) is 11.4. The number of hydrogen-bond acceptors (Lipinski definition) is 2. The van der Waals surface area contributed by atoms with E-state index in [1.54, 1.807) is 0 Å². The van der Waals surface area contributed by atoms with Crippen LogP contribution in [0.3, 0.4) is 0 Å². The summed E-state index contributed by atoms with van der Waals surface area (Å²) in [7, 11) is 0. The first kappa shape index (κ1) is 12.7. The minimum absolute atomic E-state index is 0.155. The smallest absolute Gasteiger partial charge is 0.131 e. The quantitative estimate of drug-likeness (QED) is 0.793. The van der Waals surface area contributed by atoms with Gasteiger partial charge in [0.25, 0.3) is 0 Å². The second-order valence-corrected chi connectivity index (χ2v) is 4.98. The van der Waals surface area contributed by atoms with Crippen LogP contribution in [0.15, 0.2) is 36.4 Å². The molecule has 0 amide bonds. The van der Waals surface area contributed by atoms with Crippen molar-refractivity contribution in [3.8, 4) is 11.5 Å². The van der Waals surface area contributed by atoms with E-state index in [0.717, 1.165) is 22.3 Å². The summed E-state index contributed by atoms with van der Waals surface area (Å²) in [5, 5.41) is 2.27. The van der Waals surface area contributed by atoms with E-state index in [9.17, 15) is 0 Å². The van der Waals surface area contributed by atoms with E-state index in [4.69, 9.17) is 9.47 Å². The van der Waals surface area contributed by atoms with Gasteiger partial charge in [0.05, 0.1) is 12.2 Å². The number of rotatable bonds is 4. The molecule has 2 aromatic rings. The van der Waals surface area contributed by atoms with Crippen molar-refractivity contribution in [1.82, 2.24) is 0 Å². The fourth-order valence-corrected chi connectivity index (χ4v) is 1.94. The van der Waals surface area contributed by atoms with Gasteiger partial charge in [0.15, 0.2) is 0 Å². The molecule has 2 heteroatoms. The Bertz CT molecular complexity index is 530. The van der Waals surface area contributed by atoms with Gasteiger partial charge < -0.3 is 9.47 Å². The van der Waals surface area contributed by atoms with Crippen LogP contribution in [0.2, 0.25) is 0 Å². The van der Waals surface area contributed by atoms with Crippen molar-refractivity contribution in [2.24, 2.45) is 0 Å². The lowest BCUT2D eigenvalue weighted by molar-refractivity contribution is 0.231. The maximum Gasteiger partial charge on any atom is 0.131 e. The maximum atomic E-state index is 5.87. The van der Waals surface area contributed by atoms with Crippen molar-refractivity contribution in [2.75, 3.05) is 0 Å². The molecular formula is C16H20O2. The van der Waals surface area contributed by atoms with Gasteiger partial charge in [-0.25, -0.2) is 0 Å². The lowest BCUT2D eigenvalue weighted by Gasteiger charge is -2.16. The Hall–Kier alpha value is -1.70. The van der Waals surface area contributed by atoms with Gasteiger partial charge >= 0.3 is 0 Å². The number of fused-ring (bicyclic) bond motifs is 1. The van der Waals surface area contributed by atoms with Crippen molar-refractivity contribution in [3.05, 3.63) is 36.4 Å². The van der Waals surface area contributed by atoms with Crippen LogP contribution in [0, 0.1) is 0 Å². The first-order valence-electron chi connectivity index (χ1n) is 6.42. The zero-order valence-corrected chi connectivity index (χ0v) is 11.4. The van der Waals surface area contributed by atoms with E-state index in [0.29, 0.717) is 0 Å². The van der Waals surface area contributed by atoms with Crippen LogP contribution in [-0.2, 0) is 0 Å². The zero-order chi connectivity index (χ0) is 13.1. The second-order valence-electron chi connectivity index (χ2n) is 4.98. The highest BCUT2D eigenvalue weighted by Gasteiger charge is 2.08. The highest BCUT2D eigenvalue weighted by molar-refractivity contribution is 5.89. The molecule has 0 aromatic heterocycles. The van der Waals surface area contributed by atoms with Crippen molar-refractivity contribution in [1.29, 1.82) is 0 Å². The molecule has 0 fully saturated rings. The summed E-state index contributed by atoms with van der Waals surface area (Å²) in [6.45, 7) is 8.12. The van der Waals surface area contributed by atoms with Crippen LogP contribution in [0.4, 0.5) is 0 Å². The summed E-state index contributed by atoms with van der Waals surface area (Å²) in [6, 6.07) is 12.2. The van der Waals surface area contributed by atoms with Crippen LogP contribution >= 0.6 is 0 Å². The van der Waals surface area contributed by atoms with E-state index in [-0.39, 0.29) is 12.2 Å². The summed E-state index contributed by atoms with van der Waals surface area (Å²) in [6.07, 6.45) is 0.320. The molecule has 0 N–H and O–H groups in total. The van der Waals surface area contributed by atoms with Crippen LogP contribution in [0.5, 0.6) is 11.5 Å². The SMILES string of the molecule is CC(C)Oc1cc(OC(C)C)c2ccccc2c1. The summed E-state index contributed by atoms with van der Waals surface area (Å²) in [5.41, 5.74) is 0. The minimum atomic E-state index is 0.155. The molecule has 0 bridgehead atoms. The van der Waals surface area contributed by atoms with Crippen LogP contribution in [0.1, 0.15) is 27.7 Å². The minimum Gasteiger partial charge on any atom is -0.491 e. The standard InChI is InChI=1S/C16H20O2/c1-11(2)17-14-9-13-7-5-6-8-15(13)16(10-14)18-12(3)4/h5-12H,1-4H3. The number of ether oxygens (including phenoxy) is 2. The van der Waals surface area contributed by atoms with E-state index in [1.807, 2.05) is 45.9 Å². The van der Waals surface area contributed by atoms with Gasteiger partial charge in [0.2, 0.25) is 0 Å². The predicted molar refractivity (Wildman–Crippen MR) is 75.5 cm³/mol. The summed E-state index contributed by atoms with van der Waals surface area (Å²) >= 11 is 0. The molecule has 2 rings (SSSR count). The van der Waals surface area contributed by atoms with Crippen LogP contribution in [-0.4, -0.2) is 12.2 Å². The molecule has 2 nitrogen and oxygen atoms in total. The molecular weight excluding hydrogens is 224 g/mol. The number of hydrogen-bond donors (Lipinski definition) is 0. The third-order valence-electron chi connectivity index (χ3n) is 2.53. The third-order valence-corrected chi connectivity index (χ3v) is 2.53. The van der Waals surface area contributed by atoms with Crippen molar-refractivity contribution < 1.29 is 9.47 Å². The molecule has 0 atom stereocenters. The Morgan fingerprint density at radius 3 is 2.17 bits per heavy atom. The van der Waals surface area contributed by atoms with Gasteiger partial charge in [0, 0.05) is 11.5 Å². The molecule has 0 saturated carbocycles. The van der Waals surface area contributed by atoms with Crippen LogP contribution < -0.4 is 9.47 Å². The average Bonchev–Trinajstić information content (AvgIpc) is 2.27. The summed E-state index contributed by atoms with van der Waals surface area (Å²) in [4.78, 5) is 0. The van der Waals surface area contributed by atoms with Gasteiger partial charge in [-0.2, -0.15) is 0 Å². The molecule has 0 saturated heterocycles. The molecule has 0 heterocycles. The Labute approximate surface area is 109 Å². The molecule has 0 aliphatic heterocycles. The molecule has 0 aliphatic rings. The third kappa shape index (κ3) is 2.95. The molecule has 0 radical (unpaired) electrons. The van der Waals surface area contributed by atoms with Gasteiger partial charge in [-0.1, -0.05) is 24.3 Å². The van der Waals surface area contributed by atoms with Crippen molar-refractivity contribution in [2.45, 2.75) is 39.9 Å². The normalized spacial score (nSPS) is 11.2. The van der Waals surface area contributed by atoms with E-state index >= 15 is 0 Å². The molecule has 18 heavy (non-hydrogen) atoms. The topological polar surface area (TPSA) is 18.5 Å². The maximum absolute atomic E-state index is 5.87. The molecule has 2 aromatic carbocycles. The fraction of sp³-hybridized carbons (Fsp3) is 0.375. The highest BCUT2D eigenvalue weighted by Crippen LogP contribution is 2.32. The Kier molecular flexibility index (Phi) is 3.75. The van der Waals surface area contributed by atoms with Gasteiger partial charge in [-0.3, -0.25) is 0 Å². The first-order valence-corrected chi connectivity index (χ1v) is 6.42. The second kappa shape index (κ2) is 5.30. The Morgan fingerprint density at radius 1 is 0.833 bits per heavy atom. The summed E-state index contributed by atoms with van der Waals surface area (Å²) in [5.74, 6) is 1.75. The van der Waals surface area contributed by atoms with E-state index in [1.165, 1.54) is 0 Å². The lowest BCUT2D eigenvalue weighted by atomic mass is 10.1. The van der Waals surface area contributed by atoms with Crippen molar-refractivity contribution >= 4 is 10.8 Å². The molecule has 0 spiro atoms. The van der Waals surface area contributed by atoms with Gasteiger partial charge in [-0.05, 0) is 39.1 Å². The molecule has 0 aliphatic carbocycles.